The molecule has 2 fully saturated rings. The Morgan fingerprint density at radius 1 is 1.33 bits per heavy atom. The van der Waals surface area contributed by atoms with E-state index in [1.165, 1.54) is 18.9 Å². The monoisotopic (exact) mass is 354 g/mol. The van der Waals surface area contributed by atoms with Crippen molar-refractivity contribution >= 4 is 18.3 Å². The highest BCUT2D eigenvalue weighted by Gasteiger charge is 2.34. The van der Waals surface area contributed by atoms with Gasteiger partial charge in [0.2, 0.25) is 5.91 Å². The molecule has 2 aliphatic rings. The van der Waals surface area contributed by atoms with E-state index in [0.29, 0.717) is 24.4 Å². The Kier molecular flexibility index (Phi) is 7.05. The van der Waals surface area contributed by atoms with Crippen LogP contribution in [0, 0.1) is 17.7 Å². The summed E-state index contributed by atoms with van der Waals surface area (Å²) in [5.41, 5.74) is 0.971. The predicted molar refractivity (Wildman–Crippen MR) is 96.8 cm³/mol. The van der Waals surface area contributed by atoms with Crippen molar-refractivity contribution in [3.8, 4) is 0 Å². The second-order valence-electron chi connectivity index (χ2n) is 7.06. The van der Waals surface area contributed by atoms with Crippen molar-refractivity contribution in [3.63, 3.8) is 0 Å². The lowest BCUT2D eigenvalue weighted by Gasteiger charge is -2.37. The van der Waals surface area contributed by atoms with E-state index in [-0.39, 0.29) is 24.1 Å². The summed E-state index contributed by atoms with van der Waals surface area (Å²) in [5.74, 6) is 0.653. The van der Waals surface area contributed by atoms with Crippen LogP contribution in [0.25, 0.3) is 0 Å². The van der Waals surface area contributed by atoms with Crippen molar-refractivity contribution in [3.05, 3.63) is 35.6 Å². The van der Waals surface area contributed by atoms with Crippen LogP contribution in [0.4, 0.5) is 4.39 Å². The van der Waals surface area contributed by atoms with E-state index < -0.39 is 0 Å². The highest BCUT2D eigenvalue weighted by atomic mass is 35.5. The molecule has 1 N–H and O–H groups in total. The quantitative estimate of drug-likeness (QED) is 0.849. The fraction of sp³-hybridized carbons (Fsp3) is 0.632. The third-order valence-electron chi connectivity index (χ3n) is 5.49. The Bertz CT molecular complexity index is 544. The van der Waals surface area contributed by atoms with Gasteiger partial charge in [0.05, 0.1) is 0 Å². The predicted octanol–water partition coefficient (Wildman–Crippen LogP) is 3.42. The smallest absolute Gasteiger partial charge is 0.226 e. The number of halogens is 2. The average Bonchev–Trinajstić information content (AvgIpc) is 2.99. The molecule has 1 atom stereocenters. The summed E-state index contributed by atoms with van der Waals surface area (Å²) >= 11 is 0. The van der Waals surface area contributed by atoms with Crippen LogP contribution >= 0.6 is 12.4 Å². The van der Waals surface area contributed by atoms with Gasteiger partial charge >= 0.3 is 0 Å². The molecule has 1 unspecified atom stereocenters. The van der Waals surface area contributed by atoms with Gasteiger partial charge < -0.3 is 10.2 Å². The number of hydrogen-bond donors (Lipinski definition) is 1. The molecular weight excluding hydrogens is 327 g/mol. The van der Waals surface area contributed by atoms with Crippen LogP contribution in [-0.4, -0.2) is 36.5 Å². The second-order valence-corrected chi connectivity index (χ2v) is 7.06. The van der Waals surface area contributed by atoms with E-state index in [2.05, 4.69) is 17.1 Å². The number of benzene rings is 1. The Balaban J connectivity index is 0.00000208. The van der Waals surface area contributed by atoms with Crippen LogP contribution < -0.4 is 5.32 Å². The molecule has 0 aromatic heterocycles. The Hall–Kier alpha value is -1.13. The lowest BCUT2D eigenvalue weighted by Crippen LogP contribution is -2.52. The van der Waals surface area contributed by atoms with Gasteiger partial charge in [-0.2, -0.15) is 0 Å². The third-order valence-corrected chi connectivity index (χ3v) is 5.49. The van der Waals surface area contributed by atoms with Gasteiger partial charge in [-0.05, 0) is 56.0 Å². The molecule has 0 bridgehead atoms. The first-order valence-electron chi connectivity index (χ1n) is 8.91. The topological polar surface area (TPSA) is 32.3 Å². The molecule has 0 spiro atoms. The highest BCUT2D eigenvalue weighted by Crippen LogP contribution is 2.27. The number of amides is 1. The molecule has 1 aromatic carbocycles. The van der Waals surface area contributed by atoms with Crippen molar-refractivity contribution in [2.45, 2.75) is 45.1 Å². The van der Waals surface area contributed by atoms with E-state index >= 15 is 0 Å². The molecule has 0 radical (unpaired) electrons. The molecule has 1 aliphatic heterocycles. The minimum Gasteiger partial charge on any atom is -0.339 e. The van der Waals surface area contributed by atoms with Gasteiger partial charge in [-0.25, -0.2) is 4.39 Å². The molecule has 5 heteroatoms. The Labute approximate surface area is 150 Å². The molecule has 1 aromatic rings. The summed E-state index contributed by atoms with van der Waals surface area (Å²) in [4.78, 5) is 15.1. The third kappa shape index (κ3) is 4.48. The molecule has 3 nitrogen and oxygen atoms in total. The molecule has 1 saturated heterocycles. The lowest BCUT2D eigenvalue weighted by atomic mass is 9.87. The second kappa shape index (κ2) is 8.82. The lowest BCUT2D eigenvalue weighted by molar-refractivity contribution is -0.139. The molecule has 24 heavy (non-hydrogen) atoms. The zero-order chi connectivity index (χ0) is 16.2. The van der Waals surface area contributed by atoms with Crippen molar-refractivity contribution in [2.75, 3.05) is 19.6 Å². The first-order valence-corrected chi connectivity index (χ1v) is 8.91. The standard InChI is InChI=1S/C19H27FN2O.ClH/c1-14(16-12-21-13-16)19(23)22(18-7-2-3-8-18)10-9-15-5-4-6-17(20)11-15;/h4-6,11,14,16,18,21H,2-3,7-10,12-13H2,1H3;1H. The normalized spacial score (nSPS) is 19.4. The van der Waals surface area contributed by atoms with Gasteiger partial charge in [-0.3, -0.25) is 4.79 Å². The first kappa shape index (κ1) is 19.2. The maximum absolute atomic E-state index is 13.4. The molecule has 134 valence electrons. The molecule has 1 saturated carbocycles. The number of carbonyl (C=O) groups is 1. The fourth-order valence-corrected chi connectivity index (χ4v) is 3.76. The first-order chi connectivity index (χ1) is 11.1. The highest BCUT2D eigenvalue weighted by molar-refractivity contribution is 5.85. The van der Waals surface area contributed by atoms with Gasteiger partial charge in [0.1, 0.15) is 5.82 Å². The van der Waals surface area contributed by atoms with Gasteiger partial charge in [0.15, 0.2) is 0 Å². The summed E-state index contributed by atoms with van der Waals surface area (Å²) in [7, 11) is 0. The van der Waals surface area contributed by atoms with E-state index in [0.717, 1.165) is 37.9 Å². The van der Waals surface area contributed by atoms with Crippen LogP contribution in [0.1, 0.15) is 38.2 Å². The van der Waals surface area contributed by atoms with Gasteiger partial charge in [0, 0.05) is 18.5 Å². The summed E-state index contributed by atoms with van der Waals surface area (Å²) in [6, 6.07) is 7.12. The molecular formula is C19H28ClFN2O. The van der Waals surface area contributed by atoms with Crippen molar-refractivity contribution in [1.29, 1.82) is 0 Å². The van der Waals surface area contributed by atoms with Crippen LogP contribution in [-0.2, 0) is 11.2 Å². The van der Waals surface area contributed by atoms with E-state index in [1.54, 1.807) is 12.1 Å². The Morgan fingerprint density at radius 3 is 2.62 bits per heavy atom. The van der Waals surface area contributed by atoms with Gasteiger partial charge in [-0.1, -0.05) is 31.9 Å². The number of nitrogens with zero attached hydrogens (tertiary/aromatic N) is 1. The average molecular weight is 355 g/mol. The van der Waals surface area contributed by atoms with Crippen LogP contribution in [0.5, 0.6) is 0 Å². The summed E-state index contributed by atoms with van der Waals surface area (Å²) in [6.45, 7) is 4.68. The van der Waals surface area contributed by atoms with Crippen LogP contribution in [0.2, 0.25) is 0 Å². The number of hydrogen-bond acceptors (Lipinski definition) is 2. The number of rotatable bonds is 6. The minimum atomic E-state index is -0.199. The minimum absolute atomic E-state index is 0. The maximum atomic E-state index is 13.4. The SMILES string of the molecule is CC(C(=O)N(CCc1cccc(F)c1)C1CCCC1)C1CNC1.Cl. The Morgan fingerprint density at radius 2 is 2.04 bits per heavy atom. The van der Waals surface area contributed by atoms with Gasteiger partial charge in [0.25, 0.3) is 0 Å². The van der Waals surface area contributed by atoms with Crippen molar-refractivity contribution in [1.82, 2.24) is 10.2 Å². The summed E-state index contributed by atoms with van der Waals surface area (Å²) in [6.07, 6.45) is 5.40. The van der Waals surface area contributed by atoms with Crippen LogP contribution in [0.15, 0.2) is 24.3 Å². The molecule has 1 amide bonds. The molecule has 3 rings (SSSR count). The van der Waals surface area contributed by atoms with E-state index in [9.17, 15) is 9.18 Å². The van der Waals surface area contributed by atoms with Crippen molar-refractivity contribution in [2.24, 2.45) is 11.8 Å². The number of carbonyl (C=O) groups excluding carboxylic acids is 1. The van der Waals surface area contributed by atoms with E-state index in [4.69, 9.17) is 0 Å². The van der Waals surface area contributed by atoms with E-state index in [1.807, 2.05) is 6.07 Å². The maximum Gasteiger partial charge on any atom is 0.226 e. The largest absolute Gasteiger partial charge is 0.339 e. The molecule has 1 heterocycles. The van der Waals surface area contributed by atoms with Gasteiger partial charge in [-0.15, -0.1) is 12.4 Å². The molecule has 1 aliphatic carbocycles. The summed E-state index contributed by atoms with van der Waals surface area (Å²) < 4.78 is 13.4. The fourth-order valence-electron chi connectivity index (χ4n) is 3.76. The number of nitrogens with one attached hydrogen (secondary N) is 1. The van der Waals surface area contributed by atoms with Crippen molar-refractivity contribution < 1.29 is 9.18 Å². The zero-order valence-corrected chi connectivity index (χ0v) is 15.2. The summed E-state index contributed by atoms with van der Waals surface area (Å²) in [5, 5.41) is 3.26. The zero-order valence-electron chi connectivity index (χ0n) is 14.3. The van der Waals surface area contributed by atoms with Crippen LogP contribution in [0.3, 0.4) is 0 Å².